The molecular formula is C30H27F3N4O2. The fraction of sp³-hybridized carbons (Fsp3) is 0.267. The van der Waals surface area contributed by atoms with Crippen LogP contribution in [0.15, 0.2) is 83.4 Å². The minimum absolute atomic E-state index is 0.412. The molecule has 6 nitrogen and oxygen atoms in total. The number of piperazine rings is 1. The Bertz CT molecular complexity index is 1400. The van der Waals surface area contributed by atoms with Gasteiger partial charge in [-0.3, -0.25) is 9.80 Å². The van der Waals surface area contributed by atoms with E-state index >= 15 is 0 Å². The molecule has 0 N–H and O–H groups in total. The number of rotatable bonds is 8. The quantitative estimate of drug-likeness (QED) is 0.272. The summed E-state index contributed by atoms with van der Waals surface area (Å²) in [5.74, 6) is 1.42. The summed E-state index contributed by atoms with van der Waals surface area (Å²) < 4.78 is 49.7. The van der Waals surface area contributed by atoms with E-state index in [4.69, 9.17) is 14.5 Å². The average Bonchev–Trinajstić information content (AvgIpc) is 3.42. The fourth-order valence-corrected chi connectivity index (χ4v) is 4.47. The normalized spacial score (nSPS) is 14.7. The summed E-state index contributed by atoms with van der Waals surface area (Å²) in [7, 11) is 0. The van der Waals surface area contributed by atoms with Gasteiger partial charge in [-0.15, -0.1) is 0 Å². The molecule has 0 unspecified atom stereocenters. The molecule has 200 valence electrons. The molecule has 0 aliphatic carbocycles. The number of nitrogens with zero attached hydrogens (tertiary/aromatic N) is 4. The lowest BCUT2D eigenvalue weighted by atomic mass is 10.1. The van der Waals surface area contributed by atoms with Crippen LogP contribution in [0.1, 0.15) is 27.9 Å². The van der Waals surface area contributed by atoms with Gasteiger partial charge in [0.25, 0.3) is 0 Å². The Balaban J connectivity index is 1.08. The van der Waals surface area contributed by atoms with Gasteiger partial charge in [0.15, 0.2) is 5.76 Å². The highest BCUT2D eigenvalue weighted by Gasteiger charge is 2.30. The van der Waals surface area contributed by atoms with Gasteiger partial charge in [-0.25, -0.2) is 0 Å². The number of hydrogen-bond acceptors (Lipinski definition) is 6. The molecule has 39 heavy (non-hydrogen) atoms. The first-order valence-electron chi connectivity index (χ1n) is 12.6. The van der Waals surface area contributed by atoms with Gasteiger partial charge in [-0.2, -0.15) is 18.4 Å². The number of nitriles is 1. The SMILES string of the molecule is N#Cc1ccc(COc2ccc(-c3cc(CN4CCN(Cc5ccc(C(F)(F)F)cc5)CC4)no3)cc2)cc1. The minimum atomic E-state index is -4.31. The van der Waals surface area contributed by atoms with Crippen molar-refractivity contribution < 1.29 is 22.4 Å². The van der Waals surface area contributed by atoms with Gasteiger partial charge in [0, 0.05) is 50.9 Å². The summed E-state index contributed by atoms with van der Waals surface area (Å²) in [6.07, 6.45) is -4.31. The molecule has 3 aromatic carbocycles. The van der Waals surface area contributed by atoms with Crippen molar-refractivity contribution in [3.05, 3.63) is 107 Å². The summed E-state index contributed by atoms with van der Waals surface area (Å²) in [6, 6.07) is 24.4. The van der Waals surface area contributed by atoms with Gasteiger partial charge < -0.3 is 9.26 Å². The lowest BCUT2D eigenvalue weighted by molar-refractivity contribution is -0.137. The van der Waals surface area contributed by atoms with E-state index in [0.29, 0.717) is 31.0 Å². The molecule has 5 rings (SSSR count). The molecule has 1 fully saturated rings. The molecule has 0 spiro atoms. The molecule has 0 radical (unpaired) electrons. The topological polar surface area (TPSA) is 65.5 Å². The molecule has 0 atom stereocenters. The first kappa shape index (κ1) is 26.5. The van der Waals surface area contributed by atoms with E-state index in [2.05, 4.69) is 21.0 Å². The number of aromatic nitrogens is 1. The van der Waals surface area contributed by atoms with Crippen molar-refractivity contribution in [2.45, 2.75) is 25.9 Å². The minimum Gasteiger partial charge on any atom is -0.489 e. The van der Waals surface area contributed by atoms with Crippen molar-refractivity contribution in [1.82, 2.24) is 15.0 Å². The van der Waals surface area contributed by atoms with Crippen molar-refractivity contribution in [3.8, 4) is 23.1 Å². The molecule has 0 bridgehead atoms. The number of ether oxygens (including phenoxy) is 1. The molecular weight excluding hydrogens is 505 g/mol. The average molecular weight is 533 g/mol. The zero-order valence-corrected chi connectivity index (χ0v) is 21.2. The predicted molar refractivity (Wildman–Crippen MR) is 139 cm³/mol. The van der Waals surface area contributed by atoms with Gasteiger partial charge in [0.2, 0.25) is 0 Å². The Morgan fingerprint density at radius 1 is 0.821 bits per heavy atom. The second-order valence-corrected chi connectivity index (χ2v) is 9.55. The Kier molecular flexibility index (Phi) is 7.96. The highest BCUT2D eigenvalue weighted by molar-refractivity contribution is 5.58. The van der Waals surface area contributed by atoms with Crippen molar-refractivity contribution in [1.29, 1.82) is 5.26 Å². The summed E-state index contributed by atoms with van der Waals surface area (Å²) >= 11 is 0. The standard InChI is InChI=1S/C30H27F3N4O2/c31-30(32,33)26-9-5-23(6-10-26)19-36-13-15-37(16-14-36)20-27-17-29(39-35-27)25-7-11-28(12-8-25)38-21-24-3-1-22(18-34)2-4-24/h1-12,17H,13-16,19-21H2. The molecule has 1 aromatic heterocycles. The van der Waals surface area contributed by atoms with Gasteiger partial charge >= 0.3 is 6.18 Å². The first-order valence-corrected chi connectivity index (χ1v) is 12.6. The van der Waals surface area contributed by atoms with Crippen molar-refractivity contribution in [2.75, 3.05) is 26.2 Å². The monoisotopic (exact) mass is 532 g/mol. The zero-order chi connectivity index (χ0) is 27.2. The maximum Gasteiger partial charge on any atom is 0.416 e. The Morgan fingerprint density at radius 2 is 1.44 bits per heavy atom. The van der Waals surface area contributed by atoms with Crippen LogP contribution in [0.4, 0.5) is 13.2 Å². The Labute approximate surface area is 224 Å². The van der Waals surface area contributed by atoms with Crippen LogP contribution in [-0.2, 0) is 25.9 Å². The van der Waals surface area contributed by atoms with E-state index in [1.165, 1.54) is 0 Å². The van der Waals surface area contributed by atoms with E-state index in [9.17, 15) is 13.2 Å². The number of benzene rings is 3. The van der Waals surface area contributed by atoms with Crippen LogP contribution in [0.2, 0.25) is 0 Å². The van der Waals surface area contributed by atoms with Crippen LogP contribution >= 0.6 is 0 Å². The Morgan fingerprint density at radius 3 is 2.05 bits per heavy atom. The highest BCUT2D eigenvalue weighted by Crippen LogP contribution is 2.29. The maximum atomic E-state index is 12.8. The summed E-state index contributed by atoms with van der Waals surface area (Å²) in [5, 5.41) is 13.1. The fourth-order valence-electron chi connectivity index (χ4n) is 4.47. The van der Waals surface area contributed by atoms with Crippen molar-refractivity contribution in [2.24, 2.45) is 0 Å². The van der Waals surface area contributed by atoms with E-state index in [0.717, 1.165) is 66.4 Å². The third-order valence-electron chi connectivity index (χ3n) is 6.72. The molecule has 1 saturated heterocycles. The molecule has 2 heterocycles. The number of alkyl halides is 3. The predicted octanol–water partition coefficient (Wildman–Crippen LogP) is 6.13. The van der Waals surface area contributed by atoms with Crippen LogP contribution < -0.4 is 4.74 Å². The maximum absolute atomic E-state index is 12.8. The third-order valence-corrected chi connectivity index (χ3v) is 6.72. The van der Waals surface area contributed by atoms with Gasteiger partial charge in [0.1, 0.15) is 12.4 Å². The second kappa shape index (κ2) is 11.7. The lowest BCUT2D eigenvalue weighted by Crippen LogP contribution is -2.45. The van der Waals surface area contributed by atoms with E-state index in [1.807, 2.05) is 42.5 Å². The van der Waals surface area contributed by atoms with Gasteiger partial charge in [-0.1, -0.05) is 29.4 Å². The smallest absolute Gasteiger partial charge is 0.416 e. The van der Waals surface area contributed by atoms with Gasteiger partial charge in [-0.05, 0) is 59.7 Å². The van der Waals surface area contributed by atoms with Gasteiger partial charge in [0.05, 0.1) is 22.9 Å². The van der Waals surface area contributed by atoms with Crippen molar-refractivity contribution in [3.63, 3.8) is 0 Å². The number of hydrogen-bond donors (Lipinski definition) is 0. The van der Waals surface area contributed by atoms with Crippen LogP contribution in [-0.4, -0.2) is 41.1 Å². The molecule has 4 aromatic rings. The highest BCUT2D eigenvalue weighted by atomic mass is 19.4. The summed E-state index contributed by atoms with van der Waals surface area (Å²) in [6.45, 7) is 5.05. The molecule has 0 amide bonds. The van der Waals surface area contributed by atoms with Crippen molar-refractivity contribution >= 4 is 0 Å². The second-order valence-electron chi connectivity index (χ2n) is 9.55. The largest absolute Gasteiger partial charge is 0.489 e. The van der Waals surface area contributed by atoms with Crippen LogP contribution in [0, 0.1) is 11.3 Å². The summed E-state index contributed by atoms with van der Waals surface area (Å²) in [4.78, 5) is 4.54. The third kappa shape index (κ3) is 7.05. The van der Waals surface area contributed by atoms with E-state index in [-0.39, 0.29) is 0 Å². The summed E-state index contributed by atoms with van der Waals surface area (Å²) in [5.41, 5.74) is 3.62. The van der Waals surface area contributed by atoms with Crippen LogP contribution in [0.25, 0.3) is 11.3 Å². The van der Waals surface area contributed by atoms with Crippen LogP contribution in [0.3, 0.4) is 0 Å². The van der Waals surface area contributed by atoms with E-state index < -0.39 is 11.7 Å². The Hall–Kier alpha value is -4.13. The van der Waals surface area contributed by atoms with Crippen LogP contribution in [0.5, 0.6) is 5.75 Å². The number of halogens is 3. The lowest BCUT2D eigenvalue weighted by Gasteiger charge is -2.34. The molecule has 1 aliphatic heterocycles. The molecule has 9 heteroatoms. The molecule has 1 aliphatic rings. The van der Waals surface area contributed by atoms with E-state index in [1.54, 1.807) is 24.3 Å². The first-order chi connectivity index (χ1) is 18.9. The zero-order valence-electron chi connectivity index (χ0n) is 21.2. The molecule has 0 saturated carbocycles.